The van der Waals surface area contributed by atoms with Gasteiger partial charge in [-0.25, -0.2) is 4.98 Å². The molecule has 0 radical (unpaired) electrons. The summed E-state index contributed by atoms with van der Waals surface area (Å²) in [7, 11) is 1.78. The molecule has 88 valence electrons. The van der Waals surface area contributed by atoms with E-state index < -0.39 is 0 Å². The Morgan fingerprint density at radius 2 is 2.44 bits per heavy atom. The van der Waals surface area contributed by atoms with Gasteiger partial charge in [0.2, 0.25) is 0 Å². The molecule has 1 saturated heterocycles. The highest BCUT2D eigenvalue weighted by Gasteiger charge is 2.20. The zero-order valence-corrected chi connectivity index (χ0v) is 9.72. The lowest BCUT2D eigenvalue weighted by Gasteiger charge is -2.32. The fourth-order valence-corrected chi connectivity index (χ4v) is 2.06. The molecule has 16 heavy (non-hydrogen) atoms. The minimum atomic E-state index is 0.338. The van der Waals surface area contributed by atoms with Crippen molar-refractivity contribution >= 4 is 5.82 Å². The van der Waals surface area contributed by atoms with Crippen molar-refractivity contribution in [3.05, 3.63) is 23.9 Å². The van der Waals surface area contributed by atoms with E-state index >= 15 is 0 Å². The maximum atomic E-state index is 5.55. The molecule has 1 atom stereocenters. The number of aromatic nitrogens is 1. The van der Waals surface area contributed by atoms with Gasteiger partial charge in [-0.2, -0.15) is 0 Å². The Kier molecular flexibility index (Phi) is 3.74. The van der Waals surface area contributed by atoms with E-state index in [1.165, 1.54) is 6.42 Å². The van der Waals surface area contributed by atoms with Crippen molar-refractivity contribution in [2.45, 2.75) is 25.5 Å². The topological polar surface area (TPSA) is 51.4 Å². The van der Waals surface area contributed by atoms with Crippen LogP contribution in [0.15, 0.2) is 18.3 Å². The average Bonchev–Trinajstić information content (AvgIpc) is 2.39. The number of rotatable bonds is 3. The number of piperidine rings is 1. The lowest BCUT2D eigenvalue weighted by Crippen LogP contribution is -2.39. The molecule has 0 bridgehead atoms. The largest absolute Gasteiger partial charge is 0.380 e. The Bertz CT molecular complexity index is 326. The van der Waals surface area contributed by atoms with Gasteiger partial charge in [-0.1, -0.05) is 6.07 Å². The molecule has 4 nitrogen and oxygen atoms in total. The third-order valence-corrected chi connectivity index (χ3v) is 3.08. The van der Waals surface area contributed by atoms with Crippen LogP contribution >= 0.6 is 0 Å². The summed E-state index contributed by atoms with van der Waals surface area (Å²) in [5, 5.41) is 0. The second kappa shape index (κ2) is 5.27. The van der Waals surface area contributed by atoms with Gasteiger partial charge in [0.05, 0.1) is 6.10 Å². The number of nitrogens with zero attached hydrogens (tertiary/aromatic N) is 2. The van der Waals surface area contributed by atoms with Crippen molar-refractivity contribution in [2.24, 2.45) is 5.73 Å². The summed E-state index contributed by atoms with van der Waals surface area (Å²) in [6.07, 6.45) is 4.50. The molecular weight excluding hydrogens is 202 g/mol. The van der Waals surface area contributed by atoms with Gasteiger partial charge in [-0.3, -0.25) is 0 Å². The second-order valence-corrected chi connectivity index (χ2v) is 4.17. The predicted molar refractivity (Wildman–Crippen MR) is 64.4 cm³/mol. The zero-order valence-electron chi connectivity index (χ0n) is 9.72. The van der Waals surface area contributed by atoms with Gasteiger partial charge in [-0.15, -0.1) is 0 Å². The van der Waals surface area contributed by atoms with Crippen molar-refractivity contribution in [3.63, 3.8) is 0 Å². The normalized spacial score (nSPS) is 21.1. The lowest BCUT2D eigenvalue weighted by molar-refractivity contribution is 0.0891. The van der Waals surface area contributed by atoms with Gasteiger partial charge in [0.1, 0.15) is 5.82 Å². The van der Waals surface area contributed by atoms with Crippen LogP contribution in [0.1, 0.15) is 18.4 Å². The van der Waals surface area contributed by atoms with E-state index in [0.717, 1.165) is 30.9 Å². The first-order valence-electron chi connectivity index (χ1n) is 5.76. The Morgan fingerprint density at radius 1 is 1.56 bits per heavy atom. The molecule has 1 aromatic rings. The average molecular weight is 221 g/mol. The minimum absolute atomic E-state index is 0.338. The molecule has 2 rings (SSSR count). The maximum absolute atomic E-state index is 5.55. The highest BCUT2D eigenvalue weighted by Crippen LogP contribution is 2.19. The molecule has 1 aliphatic heterocycles. The number of methoxy groups -OCH3 is 1. The molecule has 4 heteroatoms. The minimum Gasteiger partial charge on any atom is -0.380 e. The van der Waals surface area contributed by atoms with Crippen LogP contribution in [0.2, 0.25) is 0 Å². The smallest absolute Gasteiger partial charge is 0.128 e. The Balaban J connectivity index is 2.05. The number of hydrogen-bond acceptors (Lipinski definition) is 4. The Labute approximate surface area is 96.4 Å². The van der Waals surface area contributed by atoms with E-state index in [1.54, 1.807) is 7.11 Å². The van der Waals surface area contributed by atoms with Crippen molar-refractivity contribution in [1.29, 1.82) is 0 Å². The molecule has 0 saturated carbocycles. The molecule has 1 unspecified atom stereocenters. The number of ether oxygens (including phenoxy) is 1. The van der Waals surface area contributed by atoms with E-state index in [1.807, 2.05) is 18.3 Å². The first kappa shape index (κ1) is 11.4. The van der Waals surface area contributed by atoms with E-state index in [0.29, 0.717) is 12.6 Å². The Hall–Kier alpha value is -1.13. The maximum Gasteiger partial charge on any atom is 0.128 e. The van der Waals surface area contributed by atoms with Gasteiger partial charge < -0.3 is 15.4 Å². The monoisotopic (exact) mass is 221 g/mol. The van der Waals surface area contributed by atoms with Crippen LogP contribution in [0, 0.1) is 0 Å². The van der Waals surface area contributed by atoms with Crippen LogP contribution in [0.5, 0.6) is 0 Å². The summed E-state index contributed by atoms with van der Waals surface area (Å²) in [6.45, 7) is 2.55. The van der Waals surface area contributed by atoms with Crippen LogP contribution in [0.25, 0.3) is 0 Å². The fourth-order valence-electron chi connectivity index (χ4n) is 2.06. The van der Waals surface area contributed by atoms with Crippen LogP contribution < -0.4 is 10.6 Å². The number of anilines is 1. The lowest BCUT2D eigenvalue weighted by atomic mass is 10.1. The zero-order chi connectivity index (χ0) is 11.4. The van der Waals surface area contributed by atoms with Crippen molar-refractivity contribution in [1.82, 2.24) is 4.98 Å². The summed E-state index contributed by atoms with van der Waals surface area (Å²) >= 11 is 0. The molecule has 1 aromatic heterocycles. The van der Waals surface area contributed by atoms with Gasteiger partial charge in [0.15, 0.2) is 0 Å². The molecule has 2 N–H and O–H groups in total. The first-order chi connectivity index (χ1) is 7.83. The first-order valence-corrected chi connectivity index (χ1v) is 5.76. The van der Waals surface area contributed by atoms with E-state index in [4.69, 9.17) is 10.5 Å². The second-order valence-electron chi connectivity index (χ2n) is 4.17. The summed E-state index contributed by atoms with van der Waals surface area (Å²) in [4.78, 5) is 6.71. The summed E-state index contributed by atoms with van der Waals surface area (Å²) in [5.41, 5.74) is 6.62. The van der Waals surface area contributed by atoms with Gasteiger partial charge in [-0.05, 0) is 24.5 Å². The number of hydrogen-bond donors (Lipinski definition) is 1. The number of nitrogens with two attached hydrogens (primary N) is 1. The van der Waals surface area contributed by atoms with Gasteiger partial charge in [0.25, 0.3) is 0 Å². The summed E-state index contributed by atoms with van der Waals surface area (Å²) in [6, 6.07) is 4.08. The third kappa shape index (κ3) is 2.51. The van der Waals surface area contributed by atoms with Crippen LogP contribution in [-0.4, -0.2) is 31.3 Å². The summed E-state index contributed by atoms with van der Waals surface area (Å²) in [5.74, 6) is 1.03. The predicted octanol–water partition coefficient (Wildman–Crippen LogP) is 1.16. The SMILES string of the molecule is COC1CCCN(c2ccc(CN)cn2)C1. The van der Waals surface area contributed by atoms with E-state index in [-0.39, 0.29) is 0 Å². The molecule has 0 amide bonds. The molecular formula is C12H19N3O. The third-order valence-electron chi connectivity index (χ3n) is 3.08. The molecule has 2 heterocycles. The number of pyridine rings is 1. The van der Waals surface area contributed by atoms with Crippen molar-refractivity contribution in [3.8, 4) is 0 Å². The van der Waals surface area contributed by atoms with E-state index in [2.05, 4.69) is 9.88 Å². The summed E-state index contributed by atoms with van der Waals surface area (Å²) < 4.78 is 5.40. The van der Waals surface area contributed by atoms with Crippen LogP contribution in [-0.2, 0) is 11.3 Å². The Morgan fingerprint density at radius 3 is 3.06 bits per heavy atom. The van der Waals surface area contributed by atoms with Crippen LogP contribution in [0.3, 0.4) is 0 Å². The molecule has 0 aromatic carbocycles. The molecule has 0 aliphatic carbocycles. The highest BCUT2D eigenvalue weighted by molar-refractivity contribution is 5.40. The van der Waals surface area contributed by atoms with Crippen molar-refractivity contribution < 1.29 is 4.74 Å². The van der Waals surface area contributed by atoms with Crippen LogP contribution in [0.4, 0.5) is 5.82 Å². The van der Waals surface area contributed by atoms with Gasteiger partial charge >= 0.3 is 0 Å². The van der Waals surface area contributed by atoms with Gasteiger partial charge in [0, 0.05) is 32.9 Å². The molecule has 0 spiro atoms. The van der Waals surface area contributed by atoms with Crippen molar-refractivity contribution in [2.75, 3.05) is 25.1 Å². The quantitative estimate of drug-likeness (QED) is 0.832. The molecule has 1 aliphatic rings. The molecule has 1 fully saturated rings. The highest BCUT2D eigenvalue weighted by atomic mass is 16.5. The fraction of sp³-hybridized carbons (Fsp3) is 0.583. The van der Waals surface area contributed by atoms with E-state index in [9.17, 15) is 0 Å². The standard InChI is InChI=1S/C12H19N3O/c1-16-11-3-2-6-15(9-11)12-5-4-10(7-13)8-14-12/h4-5,8,11H,2-3,6-7,9,13H2,1H3.